The van der Waals surface area contributed by atoms with Crippen molar-refractivity contribution in [2.24, 2.45) is 34.5 Å². The molecule has 0 aromatic rings. The van der Waals surface area contributed by atoms with E-state index in [1.165, 1.54) is 0 Å². The molecule has 4 aliphatic carbocycles. The van der Waals surface area contributed by atoms with Crippen LogP contribution in [0.3, 0.4) is 0 Å². The monoisotopic (exact) mass is 266 g/mol. The average Bonchev–Trinajstić information content (AvgIpc) is 3.10. The summed E-state index contributed by atoms with van der Waals surface area (Å²) in [5.41, 5.74) is -2.07. The summed E-state index contributed by atoms with van der Waals surface area (Å²) < 4.78 is 19.6. The van der Waals surface area contributed by atoms with Gasteiger partial charge in [-0.2, -0.15) is 0 Å². The number of hydrogen-bond donors (Lipinski definition) is 1. The molecule has 1 heterocycles. The number of cyclic esters (lactones) is 2. The molecule has 0 radical (unpaired) electrons. The summed E-state index contributed by atoms with van der Waals surface area (Å²) >= 11 is 0. The Morgan fingerprint density at radius 1 is 0.947 bits per heavy atom. The third kappa shape index (κ3) is 0.702. The fraction of sp³-hybridized carbons (Fsp3) is 0.857. The molecule has 0 aromatic carbocycles. The molecular formula is C14H15FO4. The molecular weight excluding hydrogens is 251 g/mol. The first-order valence-corrected chi connectivity index (χ1v) is 7.16. The highest BCUT2D eigenvalue weighted by Gasteiger charge is 2.92. The first-order valence-electron chi connectivity index (χ1n) is 7.16. The second-order valence-corrected chi connectivity index (χ2v) is 6.93. The van der Waals surface area contributed by atoms with Crippen LogP contribution in [0.1, 0.15) is 25.7 Å². The largest absolute Gasteiger partial charge is 0.392 e. The first kappa shape index (κ1) is 10.8. The number of carbonyl (C=O) groups is 2. The van der Waals surface area contributed by atoms with Crippen LogP contribution in [0.4, 0.5) is 4.39 Å². The number of aliphatic hydroxyl groups excluding tert-OH is 1. The SMILES string of the molecule is O=C1OC(=O)[C@]23[C@@H]4CC[C@@H](C4O)[C@]12[C@@H]1CC[C@H]3C1F. The van der Waals surface area contributed by atoms with Crippen molar-refractivity contribution < 1.29 is 23.8 Å². The average molecular weight is 266 g/mol. The molecule has 5 aliphatic rings. The Bertz CT molecular complexity index is 460. The lowest BCUT2D eigenvalue weighted by atomic mass is 9.51. The van der Waals surface area contributed by atoms with E-state index in [-0.39, 0.29) is 11.8 Å². The van der Waals surface area contributed by atoms with Crippen LogP contribution < -0.4 is 0 Å². The van der Waals surface area contributed by atoms with Crippen molar-refractivity contribution in [2.75, 3.05) is 0 Å². The van der Waals surface area contributed by atoms with E-state index in [9.17, 15) is 19.1 Å². The molecule has 102 valence electrons. The molecule has 1 aliphatic heterocycles. The van der Waals surface area contributed by atoms with Crippen LogP contribution in [0.5, 0.6) is 0 Å². The van der Waals surface area contributed by atoms with E-state index in [0.717, 1.165) is 0 Å². The molecule has 4 nitrogen and oxygen atoms in total. The van der Waals surface area contributed by atoms with Crippen molar-refractivity contribution in [1.29, 1.82) is 0 Å². The van der Waals surface area contributed by atoms with Gasteiger partial charge in [-0.25, -0.2) is 4.39 Å². The van der Waals surface area contributed by atoms with Crippen LogP contribution in [-0.4, -0.2) is 29.3 Å². The lowest BCUT2D eigenvalue weighted by Crippen LogP contribution is -2.53. The second kappa shape index (κ2) is 2.73. The van der Waals surface area contributed by atoms with Crippen molar-refractivity contribution in [2.45, 2.75) is 38.0 Å². The standard InChI is InChI=1S/C14H15FO4/c15-9-5-1-2-6(9)14-8-4-3-7(10(8)16)13(5,14)11(17)19-12(14)18/h5-10,16H,1-4H2/t5-,6+,7+,8-,9?,10?,13-,14+. The van der Waals surface area contributed by atoms with Gasteiger partial charge in [0.1, 0.15) is 6.17 Å². The number of hydrogen-bond acceptors (Lipinski definition) is 4. The smallest absolute Gasteiger partial charge is 0.321 e. The van der Waals surface area contributed by atoms with Gasteiger partial charge in [-0.1, -0.05) is 0 Å². The molecule has 5 rings (SSSR count). The third-order valence-corrected chi connectivity index (χ3v) is 7.06. The molecule has 5 heteroatoms. The van der Waals surface area contributed by atoms with E-state index in [4.69, 9.17) is 4.74 Å². The second-order valence-electron chi connectivity index (χ2n) is 6.93. The Morgan fingerprint density at radius 2 is 1.37 bits per heavy atom. The van der Waals surface area contributed by atoms with E-state index in [0.29, 0.717) is 25.7 Å². The Balaban J connectivity index is 1.87. The normalized spacial score (nSPS) is 64.5. The fourth-order valence-corrected chi connectivity index (χ4v) is 6.86. The number of rotatable bonds is 0. The zero-order valence-corrected chi connectivity index (χ0v) is 10.3. The number of halogens is 1. The summed E-state index contributed by atoms with van der Waals surface area (Å²) in [4.78, 5) is 24.8. The lowest BCUT2D eigenvalue weighted by Gasteiger charge is -2.45. The molecule has 1 N–H and O–H groups in total. The molecule has 8 atom stereocenters. The number of aliphatic hydroxyl groups is 1. The molecule has 0 aromatic heterocycles. The van der Waals surface area contributed by atoms with E-state index in [1.54, 1.807) is 0 Å². The highest BCUT2D eigenvalue weighted by molar-refractivity contribution is 6.05. The van der Waals surface area contributed by atoms with Crippen LogP contribution in [-0.2, 0) is 14.3 Å². The van der Waals surface area contributed by atoms with Crippen LogP contribution in [0.25, 0.3) is 0 Å². The highest BCUT2D eigenvalue weighted by Crippen LogP contribution is 2.83. The molecule has 5 fully saturated rings. The zero-order valence-electron chi connectivity index (χ0n) is 10.3. The van der Waals surface area contributed by atoms with Crippen molar-refractivity contribution in [1.82, 2.24) is 0 Å². The molecule has 0 spiro atoms. The maximum Gasteiger partial charge on any atom is 0.321 e. The molecule has 19 heavy (non-hydrogen) atoms. The van der Waals surface area contributed by atoms with Gasteiger partial charge in [-0.15, -0.1) is 0 Å². The van der Waals surface area contributed by atoms with E-state index < -0.39 is 46.9 Å². The predicted octanol–water partition coefficient (Wildman–Crippen LogP) is 0.821. The van der Waals surface area contributed by atoms with Gasteiger partial charge in [-0.05, 0) is 25.7 Å². The Morgan fingerprint density at radius 3 is 1.84 bits per heavy atom. The van der Waals surface area contributed by atoms with Gasteiger partial charge in [0.2, 0.25) is 0 Å². The van der Waals surface area contributed by atoms with Crippen LogP contribution >= 0.6 is 0 Å². The summed E-state index contributed by atoms with van der Waals surface area (Å²) in [6.07, 6.45) is 1.01. The van der Waals surface area contributed by atoms with Crippen molar-refractivity contribution in [3.8, 4) is 0 Å². The summed E-state index contributed by atoms with van der Waals surface area (Å²) in [5, 5.41) is 10.4. The minimum Gasteiger partial charge on any atom is -0.392 e. The van der Waals surface area contributed by atoms with Crippen molar-refractivity contribution in [3.63, 3.8) is 0 Å². The number of carbonyl (C=O) groups excluding carboxylic acids is 2. The minimum absolute atomic E-state index is 0.273. The van der Waals surface area contributed by atoms with Gasteiger partial charge in [0.25, 0.3) is 0 Å². The molecule has 4 bridgehead atoms. The minimum atomic E-state index is -1.08. The highest BCUT2D eigenvalue weighted by atomic mass is 19.1. The predicted molar refractivity (Wildman–Crippen MR) is 59.3 cm³/mol. The van der Waals surface area contributed by atoms with Crippen LogP contribution in [0.15, 0.2) is 0 Å². The van der Waals surface area contributed by atoms with Gasteiger partial charge in [0.05, 0.1) is 16.9 Å². The maximum atomic E-state index is 14.6. The Hall–Kier alpha value is -0.970. The maximum absolute atomic E-state index is 14.6. The van der Waals surface area contributed by atoms with E-state index in [1.807, 2.05) is 0 Å². The molecule has 4 saturated carbocycles. The summed E-state index contributed by atoms with van der Waals surface area (Å²) in [5.74, 6) is -2.46. The van der Waals surface area contributed by atoms with Gasteiger partial charge in [-0.3, -0.25) is 9.59 Å². The molecule has 0 amide bonds. The van der Waals surface area contributed by atoms with Gasteiger partial charge >= 0.3 is 11.9 Å². The number of ether oxygens (including phenoxy) is 1. The Labute approximate surface area is 109 Å². The van der Waals surface area contributed by atoms with Gasteiger partial charge in [0, 0.05) is 23.7 Å². The quantitative estimate of drug-likeness (QED) is 0.521. The summed E-state index contributed by atoms with van der Waals surface area (Å²) in [6.45, 7) is 0. The zero-order chi connectivity index (χ0) is 13.2. The van der Waals surface area contributed by atoms with Crippen molar-refractivity contribution in [3.05, 3.63) is 0 Å². The third-order valence-electron chi connectivity index (χ3n) is 7.06. The molecule has 2 unspecified atom stereocenters. The van der Waals surface area contributed by atoms with Crippen molar-refractivity contribution >= 4 is 11.9 Å². The topological polar surface area (TPSA) is 63.6 Å². The number of fused-ring (bicyclic) bond motifs is 4. The summed E-state index contributed by atoms with van der Waals surface area (Å²) in [6, 6.07) is 0. The first-order chi connectivity index (χ1) is 9.07. The lowest BCUT2D eigenvalue weighted by molar-refractivity contribution is -0.161. The fourth-order valence-electron chi connectivity index (χ4n) is 6.86. The van der Waals surface area contributed by atoms with Crippen LogP contribution in [0.2, 0.25) is 0 Å². The van der Waals surface area contributed by atoms with E-state index >= 15 is 0 Å². The summed E-state index contributed by atoms with van der Waals surface area (Å²) in [7, 11) is 0. The van der Waals surface area contributed by atoms with Crippen LogP contribution in [0, 0.1) is 34.5 Å². The number of alkyl halides is 1. The van der Waals surface area contributed by atoms with Gasteiger partial charge in [0.15, 0.2) is 0 Å². The van der Waals surface area contributed by atoms with E-state index in [2.05, 4.69) is 0 Å². The Kier molecular flexibility index (Phi) is 1.55. The number of esters is 2. The van der Waals surface area contributed by atoms with Gasteiger partial charge < -0.3 is 9.84 Å². The molecule has 1 saturated heterocycles.